The Morgan fingerprint density at radius 2 is 1.84 bits per heavy atom. The van der Waals surface area contributed by atoms with Crippen molar-refractivity contribution in [2.45, 2.75) is 84.7 Å². The fraction of sp³-hybridized carbons (Fsp3) is 0.654. The lowest BCUT2D eigenvalue weighted by atomic mass is 10.1. The van der Waals surface area contributed by atoms with E-state index in [0.29, 0.717) is 25.1 Å². The summed E-state index contributed by atoms with van der Waals surface area (Å²) < 4.78 is 1.26. The average Bonchev–Trinajstić information content (AvgIpc) is 2.88. The molecule has 0 aromatic carbocycles. The molecule has 1 amide bonds. The highest BCUT2D eigenvalue weighted by Gasteiger charge is 2.29. The molecule has 2 unspecified atom stereocenters. The van der Waals surface area contributed by atoms with E-state index in [0.717, 1.165) is 12.8 Å². The van der Waals surface area contributed by atoms with Gasteiger partial charge in [-0.1, -0.05) is 34.1 Å². The van der Waals surface area contributed by atoms with Gasteiger partial charge in [-0.3, -0.25) is 28.6 Å². The number of unbranched alkanes of at least 4 members (excludes halogenated alkanes) is 1. The Morgan fingerprint density at radius 3 is 2.39 bits per heavy atom. The minimum Gasteiger partial charge on any atom is -0.481 e. The van der Waals surface area contributed by atoms with Gasteiger partial charge in [-0.25, -0.2) is 4.98 Å². The summed E-state index contributed by atoms with van der Waals surface area (Å²) in [6.45, 7) is 8.31. The van der Waals surface area contributed by atoms with E-state index in [1.54, 1.807) is 25.8 Å². The zero-order chi connectivity index (χ0) is 28.8. The summed E-state index contributed by atoms with van der Waals surface area (Å²) in [5.74, 6) is -2.21. The Morgan fingerprint density at radius 1 is 1.16 bits per heavy atom. The quantitative estimate of drug-likeness (QED) is 0.168. The Bertz CT molecular complexity index is 1050. The van der Waals surface area contributed by atoms with Crippen molar-refractivity contribution >= 4 is 34.9 Å². The molecule has 0 aliphatic carbocycles. The maximum atomic E-state index is 13.3. The molecule has 0 spiro atoms. The number of aromatic nitrogens is 2. The number of likely N-dealkylation sites (N-methyl/N-ethyl adjacent to an activating group) is 1. The summed E-state index contributed by atoms with van der Waals surface area (Å²) in [5.41, 5.74) is 0.420. The van der Waals surface area contributed by atoms with Gasteiger partial charge in [0, 0.05) is 19.2 Å². The third-order valence-electron chi connectivity index (χ3n) is 6.16. The normalized spacial score (nSPS) is 12.6. The van der Waals surface area contributed by atoms with Gasteiger partial charge in [-0.05, 0) is 39.3 Å². The molecule has 0 saturated heterocycles. The van der Waals surface area contributed by atoms with E-state index in [-0.39, 0.29) is 43.2 Å². The van der Waals surface area contributed by atoms with Crippen LogP contribution < -0.4 is 16.2 Å². The molecule has 0 fully saturated rings. The lowest BCUT2D eigenvalue weighted by Crippen LogP contribution is -2.49. The number of rotatable bonds is 19. The molecule has 5 N–H and O–H groups in total. The van der Waals surface area contributed by atoms with Crippen molar-refractivity contribution in [1.82, 2.24) is 19.8 Å². The number of hydrogen-bond acceptors (Lipinski definition) is 9. The summed E-state index contributed by atoms with van der Waals surface area (Å²) in [5, 5.41) is 30.5. The smallest absolute Gasteiger partial charge is 0.305 e. The largest absolute Gasteiger partial charge is 0.481 e. The minimum atomic E-state index is -1.22. The molecule has 0 bridgehead atoms. The predicted octanol–water partition coefficient (Wildman–Crippen LogP) is 2.27. The molecule has 0 aliphatic heterocycles. The van der Waals surface area contributed by atoms with E-state index >= 15 is 0 Å². The van der Waals surface area contributed by atoms with Gasteiger partial charge in [-0.2, -0.15) is 0 Å². The van der Waals surface area contributed by atoms with Crippen molar-refractivity contribution in [2.24, 2.45) is 0 Å². The number of nitrogens with zero attached hydrogens (tertiary/aromatic N) is 3. The number of aryl methyl sites for hydroxylation is 1. The number of carboxylic acids is 1. The van der Waals surface area contributed by atoms with Crippen LogP contribution in [0.5, 0.6) is 0 Å². The SMILES string of the molecule is CCCCN(C)CC(=O)C(CC(=O)O)NC(=O)C(CC)n1cc(CC)nc(NCCC(=N)C(=N)CC)c1=O. The van der Waals surface area contributed by atoms with E-state index in [1.807, 2.05) is 13.8 Å². The van der Waals surface area contributed by atoms with Crippen LogP contribution in [0, 0.1) is 10.8 Å². The topological polar surface area (TPSA) is 181 Å². The number of carbonyl (C=O) groups is 3. The zero-order valence-electron chi connectivity index (χ0n) is 23.2. The average molecular weight is 534 g/mol. The molecular formula is C26H43N7O5. The molecule has 212 valence electrons. The van der Waals surface area contributed by atoms with Crippen molar-refractivity contribution < 1.29 is 19.5 Å². The monoisotopic (exact) mass is 533 g/mol. The van der Waals surface area contributed by atoms with Crippen LogP contribution in [0.3, 0.4) is 0 Å². The van der Waals surface area contributed by atoms with E-state index in [2.05, 4.69) is 15.6 Å². The van der Waals surface area contributed by atoms with Gasteiger partial charge in [0.05, 0.1) is 36.1 Å². The molecule has 2 atom stereocenters. The number of carboxylic acid groups (broad SMARTS) is 1. The molecule has 1 aromatic heterocycles. The van der Waals surface area contributed by atoms with Crippen LogP contribution in [0.1, 0.15) is 78.0 Å². The van der Waals surface area contributed by atoms with Gasteiger partial charge in [0.15, 0.2) is 11.6 Å². The lowest BCUT2D eigenvalue weighted by molar-refractivity contribution is -0.140. The zero-order valence-corrected chi connectivity index (χ0v) is 23.2. The molecule has 1 rings (SSSR count). The molecule has 38 heavy (non-hydrogen) atoms. The summed E-state index contributed by atoms with van der Waals surface area (Å²) in [6.07, 6.45) is 4.20. The second kappa shape index (κ2) is 16.4. The Kier molecular flexibility index (Phi) is 14.1. The molecule has 0 saturated carbocycles. The summed E-state index contributed by atoms with van der Waals surface area (Å²) in [6, 6.07) is -2.20. The number of aliphatic carboxylic acids is 1. The fourth-order valence-corrected chi connectivity index (χ4v) is 3.83. The minimum absolute atomic E-state index is 0.00275. The third-order valence-corrected chi connectivity index (χ3v) is 6.16. The van der Waals surface area contributed by atoms with Crippen molar-refractivity contribution in [3.8, 4) is 0 Å². The van der Waals surface area contributed by atoms with Crippen LogP contribution in [0.25, 0.3) is 0 Å². The number of amides is 1. The third kappa shape index (κ3) is 10.2. The van der Waals surface area contributed by atoms with Gasteiger partial charge < -0.3 is 26.6 Å². The van der Waals surface area contributed by atoms with Crippen LogP contribution in [0.15, 0.2) is 11.0 Å². The number of anilines is 1. The Hall–Kier alpha value is -3.41. The first-order chi connectivity index (χ1) is 18.0. The molecule has 0 aliphatic rings. The number of Topliss-reactive ketones (excluding diaryl/α,β-unsaturated/α-hetero) is 1. The molecule has 1 heterocycles. The molecule has 12 nitrogen and oxygen atoms in total. The number of nitrogens with one attached hydrogen (secondary N) is 4. The molecule has 12 heteroatoms. The predicted molar refractivity (Wildman–Crippen MR) is 148 cm³/mol. The van der Waals surface area contributed by atoms with Gasteiger partial charge in [0.2, 0.25) is 5.91 Å². The number of ketones is 1. The highest BCUT2D eigenvalue weighted by molar-refractivity contribution is 6.39. The van der Waals surface area contributed by atoms with E-state index in [9.17, 15) is 24.3 Å². The van der Waals surface area contributed by atoms with E-state index in [1.165, 1.54) is 10.8 Å². The summed E-state index contributed by atoms with van der Waals surface area (Å²) in [7, 11) is 1.77. The van der Waals surface area contributed by atoms with Crippen LogP contribution in [0.4, 0.5) is 5.82 Å². The summed E-state index contributed by atoms with van der Waals surface area (Å²) in [4.78, 5) is 57.0. The second-order valence-electron chi connectivity index (χ2n) is 9.27. The van der Waals surface area contributed by atoms with E-state index < -0.39 is 41.7 Å². The van der Waals surface area contributed by atoms with Crippen LogP contribution in [-0.4, -0.2) is 81.4 Å². The van der Waals surface area contributed by atoms with Gasteiger partial charge in [0.1, 0.15) is 6.04 Å². The standard InChI is InChI=1S/C26H43N7O5/c1-6-10-13-32(5)16-22(34)20(14-23(35)36)31-25(37)21(9-4)33-15-17(7-2)30-24(26(33)38)29-12-11-19(28)18(27)8-3/h15,20-21,27-28H,6-14,16H2,1-5H3,(H,29,30)(H,31,37)(H,35,36). The fourth-order valence-electron chi connectivity index (χ4n) is 3.83. The molecule has 1 aromatic rings. The first-order valence-corrected chi connectivity index (χ1v) is 13.2. The number of hydrogen-bond donors (Lipinski definition) is 5. The van der Waals surface area contributed by atoms with Gasteiger partial charge in [-0.15, -0.1) is 0 Å². The van der Waals surface area contributed by atoms with Crippen molar-refractivity contribution in [2.75, 3.05) is 32.0 Å². The Labute approximate surface area is 224 Å². The Balaban J connectivity index is 3.16. The van der Waals surface area contributed by atoms with Gasteiger partial charge in [0.25, 0.3) is 5.56 Å². The number of carbonyl (C=O) groups excluding carboxylic acids is 2. The first-order valence-electron chi connectivity index (χ1n) is 13.2. The maximum Gasteiger partial charge on any atom is 0.305 e. The highest BCUT2D eigenvalue weighted by Crippen LogP contribution is 2.13. The van der Waals surface area contributed by atoms with E-state index in [4.69, 9.17) is 10.8 Å². The van der Waals surface area contributed by atoms with Crippen molar-refractivity contribution in [3.63, 3.8) is 0 Å². The molecule has 0 radical (unpaired) electrons. The first kappa shape index (κ1) is 32.6. The van der Waals surface area contributed by atoms with Crippen molar-refractivity contribution in [1.29, 1.82) is 10.8 Å². The van der Waals surface area contributed by atoms with Gasteiger partial charge >= 0.3 is 5.97 Å². The van der Waals surface area contributed by atoms with Crippen molar-refractivity contribution in [3.05, 3.63) is 22.2 Å². The molecular weight excluding hydrogens is 490 g/mol. The maximum absolute atomic E-state index is 13.3. The second-order valence-corrected chi connectivity index (χ2v) is 9.27. The lowest BCUT2D eigenvalue weighted by Gasteiger charge is -2.24. The summed E-state index contributed by atoms with van der Waals surface area (Å²) >= 11 is 0. The van der Waals surface area contributed by atoms with Crippen LogP contribution >= 0.6 is 0 Å². The van der Waals surface area contributed by atoms with Crippen LogP contribution in [0.2, 0.25) is 0 Å². The highest BCUT2D eigenvalue weighted by atomic mass is 16.4. The van der Waals surface area contributed by atoms with Crippen LogP contribution in [-0.2, 0) is 20.8 Å².